The van der Waals surface area contributed by atoms with E-state index in [1.54, 1.807) is 0 Å². The third-order valence-electron chi connectivity index (χ3n) is 12.3. The molecule has 1 spiro atoms. The topological polar surface area (TPSA) is 101 Å². The summed E-state index contributed by atoms with van der Waals surface area (Å²) in [6, 6.07) is 12.3. The van der Waals surface area contributed by atoms with Crippen molar-refractivity contribution in [2.75, 3.05) is 59.0 Å². The summed E-state index contributed by atoms with van der Waals surface area (Å²) in [4.78, 5) is 18.2. The third-order valence-corrected chi connectivity index (χ3v) is 14.1. The molecule has 50 heavy (non-hydrogen) atoms. The van der Waals surface area contributed by atoms with Crippen molar-refractivity contribution in [2.45, 2.75) is 88.2 Å². The van der Waals surface area contributed by atoms with Crippen LogP contribution in [0, 0.1) is 23.7 Å². The maximum atomic E-state index is 13.5. The highest BCUT2D eigenvalue weighted by molar-refractivity contribution is 7.84. The van der Waals surface area contributed by atoms with Crippen LogP contribution in [0.2, 0.25) is 5.02 Å². The molecule has 2 aromatic rings. The zero-order chi connectivity index (χ0) is 35.6. The molecule has 2 aliphatic carbocycles. The molecule has 0 aromatic heterocycles. The summed E-state index contributed by atoms with van der Waals surface area (Å²) in [6.07, 6.45) is 8.21. The number of aryl methyl sites for hydroxylation is 1. The van der Waals surface area contributed by atoms with Gasteiger partial charge in [-0.05, 0) is 125 Å². The number of hydrogen-bond acceptors (Lipinski definition) is 8. The average molecular weight is 730 g/mol. The molecule has 3 aliphatic heterocycles. The minimum Gasteiger partial charge on any atom is -0.490 e. The van der Waals surface area contributed by atoms with E-state index >= 15 is 0 Å². The molecule has 6 unspecified atom stereocenters. The van der Waals surface area contributed by atoms with Crippen molar-refractivity contribution < 1.29 is 28.3 Å². The van der Waals surface area contributed by atoms with Crippen LogP contribution >= 0.6 is 11.6 Å². The number of aliphatic hydroxyl groups excluding tert-OH is 1. The van der Waals surface area contributed by atoms with E-state index in [9.17, 15) is 9.00 Å². The number of benzene rings is 2. The Morgan fingerprint density at radius 2 is 1.78 bits per heavy atom. The fraction of sp³-hybridized carbons (Fsp3) is 0.667. The molecule has 3 heterocycles. The van der Waals surface area contributed by atoms with Crippen LogP contribution in [0.25, 0.3) is 0 Å². The number of anilines is 1. The van der Waals surface area contributed by atoms with Crippen LogP contribution in [0.5, 0.6) is 5.75 Å². The zero-order valence-corrected chi connectivity index (χ0v) is 31.9. The molecule has 5 aliphatic rings. The SMILES string of the molecule is CC1CCCC(C2OCC(N(C)C)CO2)C2CCC2CN2C[C@@]3(CCCc4cc(Cl)ccc43)COc3ccc(cc32)C(=O)NS(=O)C1C.CO. The van der Waals surface area contributed by atoms with Gasteiger partial charge in [-0.25, -0.2) is 4.21 Å². The van der Waals surface area contributed by atoms with Crippen LogP contribution in [0.15, 0.2) is 36.4 Å². The number of halogens is 1. The van der Waals surface area contributed by atoms with Crippen LogP contribution < -0.4 is 14.4 Å². The Balaban J connectivity index is 0.00000212. The first-order chi connectivity index (χ1) is 24.1. The molecule has 9 nitrogen and oxygen atoms in total. The smallest absolute Gasteiger partial charge is 0.263 e. The fourth-order valence-electron chi connectivity index (χ4n) is 8.89. The van der Waals surface area contributed by atoms with Gasteiger partial charge in [0.25, 0.3) is 5.91 Å². The van der Waals surface area contributed by atoms with Gasteiger partial charge in [0.2, 0.25) is 0 Å². The minimum absolute atomic E-state index is 0.167. The van der Waals surface area contributed by atoms with E-state index in [4.69, 9.17) is 30.9 Å². The highest BCUT2D eigenvalue weighted by Crippen LogP contribution is 2.49. The molecule has 276 valence electrons. The molecule has 1 saturated heterocycles. The summed E-state index contributed by atoms with van der Waals surface area (Å²) in [5.74, 6) is 1.95. The first-order valence-corrected chi connectivity index (χ1v) is 20.1. The van der Waals surface area contributed by atoms with Crippen LogP contribution in [-0.4, -0.2) is 91.8 Å². The first-order valence-electron chi connectivity index (χ1n) is 18.5. The lowest BCUT2D eigenvalue weighted by molar-refractivity contribution is -0.240. The number of ether oxygens (including phenoxy) is 3. The van der Waals surface area contributed by atoms with Crippen LogP contribution in [0.1, 0.15) is 80.3 Å². The molecule has 2 N–H and O–H groups in total. The highest BCUT2D eigenvalue weighted by Gasteiger charge is 2.46. The van der Waals surface area contributed by atoms with Crippen molar-refractivity contribution in [3.63, 3.8) is 0 Å². The van der Waals surface area contributed by atoms with Crippen molar-refractivity contribution in [3.8, 4) is 5.75 Å². The van der Waals surface area contributed by atoms with Crippen molar-refractivity contribution in [3.05, 3.63) is 58.1 Å². The molecule has 0 radical (unpaired) electrons. The summed E-state index contributed by atoms with van der Waals surface area (Å²) < 4.78 is 35.9. The predicted octanol–water partition coefficient (Wildman–Crippen LogP) is 5.97. The summed E-state index contributed by atoms with van der Waals surface area (Å²) in [6.45, 7) is 7.75. The van der Waals surface area contributed by atoms with Crippen LogP contribution in [0.4, 0.5) is 5.69 Å². The lowest BCUT2D eigenvalue weighted by Crippen LogP contribution is -2.52. The van der Waals surface area contributed by atoms with Gasteiger partial charge in [-0.2, -0.15) is 0 Å². The van der Waals surface area contributed by atoms with Gasteiger partial charge >= 0.3 is 0 Å². The molecular weight excluding hydrogens is 674 g/mol. The van der Waals surface area contributed by atoms with Gasteiger partial charge in [-0.1, -0.05) is 31.0 Å². The molecule has 2 bridgehead atoms. The van der Waals surface area contributed by atoms with E-state index < -0.39 is 11.0 Å². The van der Waals surface area contributed by atoms with E-state index in [-0.39, 0.29) is 34.8 Å². The quantitative estimate of drug-likeness (QED) is 0.391. The Morgan fingerprint density at radius 1 is 1.00 bits per heavy atom. The summed E-state index contributed by atoms with van der Waals surface area (Å²) in [7, 11) is 3.67. The van der Waals surface area contributed by atoms with Crippen LogP contribution in [-0.2, 0) is 32.3 Å². The standard InChI is InChI=1S/C38H52ClN3O5S.CH4O/c1-24-7-5-9-32(37-45-20-30(21-46-37)41(3)4)31-13-10-28(31)19-42-22-38(16-6-8-26-17-29(39)12-14-33(26)38)23-47-35-15-11-27(18-34(35)42)36(43)40-48(44)25(24)2;1-2/h11-12,14-15,17-18,24-25,28,30-32,37H,5-10,13,16,19-23H2,1-4H3,(H,40,43);2H,1H3/t24?,25?,28?,30?,31?,32?,37?,38-,48?;/m0./s1. The van der Waals surface area contributed by atoms with E-state index in [1.807, 2.05) is 31.2 Å². The number of fused-ring (bicyclic) bond motifs is 4. The van der Waals surface area contributed by atoms with Gasteiger partial charge in [0.05, 0.1) is 36.8 Å². The monoisotopic (exact) mass is 729 g/mol. The largest absolute Gasteiger partial charge is 0.490 e. The van der Waals surface area contributed by atoms with E-state index in [2.05, 4.69) is 47.7 Å². The summed E-state index contributed by atoms with van der Waals surface area (Å²) in [5, 5.41) is 7.61. The molecular formula is C39H56ClN3O6S. The Bertz CT molecular complexity index is 1520. The second-order valence-electron chi connectivity index (χ2n) is 15.4. The van der Waals surface area contributed by atoms with Crippen molar-refractivity contribution in [1.29, 1.82) is 0 Å². The van der Waals surface area contributed by atoms with E-state index in [0.29, 0.717) is 43.1 Å². The first kappa shape index (κ1) is 37.5. The van der Waals surface area contributed by atoms with Gasteiger partial charge in [0.1, 0.15) is 16.7 Å². The number of nitrogens with zero attached hydrogens (tertiary/aromatic N) is 2. The van der Waals surface area contributed by atoms with Gasteiger partial charge in [0.15, 0.2) is 6.29 Å². The van der Waals surface area contributed by atoms with E-state index in [1.165, 1.54) is 11.1 Å². The van der Waals surface area contributed by atoms with Gasteiger partial charge in [-0.15, -0.1) is 0 Å². The van der Waals surface area contributed by atoms with Gasteiger partial charge in [0, 0.05) is 42.1 Å². The Morgan fingerprint density at radius 3 is 2.50 bits per heavy atom. The second kappa shape index (κ2) is 16.2. The van der Waals surface area contributed by atoms with Crippen molar-refractivity contribution in [2.24, 2.45) is 23.7 Å². The predicted molar refractivity (Wildman–Crippen MR) is 199 cm³/mol. The second-order valence-corrected chi connectivity index (χ2v) is 17.4. The number of amides is 1. The van der Waals surface area contributed by atoms with Gasteiger partial charge in [-0.3, -0.25) is 9.52 Å². The Labute approximate surface area is 305 Å². The molecule has 7 rings (SSSR count). The molecule has 2 aromatic carbocycles. The number of carbonyl (C=O) groups is 1. The number of nitrogens with one attached hydrogen (secondary N) is 1. The van der Waals surface area contributed by atoms with Crippen LogP contribution in [0.3, 0.4) is 0 Å². The molecule has 2 fully saturated rings. The molecule has 1 amide bonds. The molecule has 11 heteroatoms. The third kappa shape index (κ3) is 7.76. The summed E-state index contributed by atoms with van der Waals surface area (Å²) in [5.41, 5.74) is 3.91. The Kier molecular flexibility index (Phi) is 12.2. The minimum atomic E-state index is -1.50. The highest BCUT2D eigenvalue weighted by atomic mass is 35.5. The maximum Gasteiger partial charge on any atom is 0.263 e. The zero-order valence-electron chi connectivity index (χ0n) is 30.4. The Hall–Kier alpha value is -2.21. The van der Waals surface area contributed by atoms with Crippen molar-refractivity contribution in [1.82, 2.24) is 9.62 Å². The number of likely N-dealkylation sites (N-methyl/N-ethyl adjacent to an activating group) is 1. The fourth-order valence-corrected chi connectivity index (χ4v) is 10.1. The van der Waals surface area contributed by atoms with E-state index in [0.717, 1.165) is 88.0 Å². The molecule has 1 saturated carbocycles. The number of hydrogen-bond donors (Lipinski definition) is 2. The lowest BCUT2D eigenvalue weighted by Gasteiger charge is -2.49. The van der Waals surface area contributed by atoms with Gasteiger partial charge < -0.3 is 29.1 Å². The maximum absolute atomic E-state index is 13.5. The average Bonchev–Trinajstić information content (AvgIpc) is 3.26. The molecule has 7 atom stereocenters. The number of rotatable bonds is 2. The van der Waals surface area contributed by atoms with Crippen molar-refractivity contribution >= 4 is 34.2 Å². The number of carbonyl (C=O) groups excluding carboxylic acids is 1. The number of aliphatic hydroxyl groups is 1. The lowest BCUT2D eigenvalue weighted by atomic mass is 9.64. The normalized spacial score (nSPS) is 34.6. The summed E-state index contributed by atoms with van der Waals surface area (Å²) >= 11 is 6.48.